The van der Waals surface area contributed by atoms with Gasteiger partial charge in [0.2, 0.25) is 0 Å². The smallest absolute Gasteiger partial charge is 0.295 e. The molecule has 1 N–H and O–H groups in total. The molecule has 5 rings (SSSR count). The summed E-state index contributed by atoms with van der Waals surface area (Å²) in [7, 11) is 0. The van der Waals surface area contributed by atoms with Crippen LogP contribution in [0.3, 0.4) is 0 Å². The van der Waals surface area contributed by atoms with Gasteiger partial charge in [-0.2, -0.15) is 0 Å². The number of pyridine rings is 1. The first kappa shape index (κ1) is 21.0. The number of halogens is 2. The van der Waals surface area contributed by atoms with E-state index in [-0.39, 0.29) is 11.9 Å². The summed E-state index contributed by atoms with van der Waals surface area (Å²) in [4.78, 5) is 8.80. The molecule has 1 aliphatic carbocycles. The minimum Gasteiger partial charge on any atom is -0.424 e. The second-order valence-electron chi connectivity index (χ2n) is 8.64. The van der Waals surface area contributed by atoms with E-state index >= 15 is 0 Å². The number of oxazole rings is 1. The number of hydrogen-bond donors (Lipinski definition) is 1. The number of aromatic nitrogens is 2. The molecular formula is C26H25ClFN3O. The second-order valence-corrected chi connectivity index (χ2v) is 9.08. The van der Waals surface area contributed by atoms with Gasteiger partial charge in [0.15, 0.2) is 5.76 Å². The molecule has 1 atom stereocenters. The van der Waals surface area contributed by atoms with E-state index in [1.165, 1.54) is 11.6 Å². The Morgan fingerprint density at radius 3 is 2.59 bits per heavy atom. The second kappa shape index (κ2) is 8.91. The summed E-state index contributed by atoms with van der Waals surface area (Å²) in [6, 6.07) is 15.2. The van der Waals surface area contributed by atoms with E-state index in [9.17, 15) is 4.39 Å². The van der Waals surface area contributed by atoms with Gasteiger partial charge >= 0.3 is 0 Å². The van der Waals surface area contributed by atoms with Crippen LogP contribution in [0.4, 0.5) is 10.4 Å². The third-order valence-corrected chi connectivity index (χ3v) is 6.89. The highest BCUT2D eigenvalue weighted by Gasteiger charge is 2.27. The zero-order valence-electron chi connectivity index (χ0n) is 17.9. The molecule has 2 heterocycles. The molecule has 0 aliphatic heterocycles. The van der Waals surface area contributed by atoms with Crippen molar-refractivity contribution >= 4 is 28.5 Å². The lowest BCUT2D eigenvalue weighted by Crippen LogP contribution is -2.29. The highest BCUT2D eigenvalue weighted by atomic mass is 35.5. The first-order valence-corrected chi connectivity index (χ1v) is 11.5. The molecule has 2 aromatic carbocycles. The van der Waals surface area contributed by atoms with Crippen LogP contribution < -0.4 is 5.32 Å². The Balaban J connectivity index is 1.22. The fourth-order valence-electron chi connectivity index (χ4n) is 4.83. The number of anilines is 1. The molecule has 4 aromatic rings. The van der Waals surface area contributed by atoms with Gasteiger partial charge in [-0.3, -0.25) is 4.98 Å². The van der Waals surface area contributed by atoms with Crippen LogP contribution in [0.5, 0.6) is 0 Å². The number of fused-ring (bicyclic) bond motifs is 1. The summed E-state index contributed by atoms with van der Waals surface area (Å²) < 4.78 is 19.7. The SMILES string of the molecule is C[C@@H](Nc1ncc(-c2ccc(Cl)cc2)o1)C1CCC(c2ccnc3ccc(F)cc23)CC1. The van der Waals surface area contributed by atoms with Crippen molar-refractivity contribution in [2.75, 3.05) is 5.32 Å². The largest absolute Gasteiger partial charge is 0.424 e. The Kier molecular flexibility index (Phi) is 5.83. The Morgan fingerprint density at radius 2 is 1.81 bits per heavy atom. The standard InChI is InChI=1S/C26H25ClFN3O/c1-16(31-26-30-15-25(32-26)19-6-8-20(27)9-7-19)17-2-4-18(5-3-17)22-12-13-29-24-11-10-21(28)14-23(22)24/h6-18H,2-5H2,1H3,(H,30,31)/t16-,17?,18?/m1/s1. The zero-order valence-corrected chi connectivity index (χ0v) is 18.6. The molecule has 0 radical (unpaired) electrons. The fraction of sp³-hybridized carbons (Fsp3) is 0.308. The number of rotatable bonds is 5. The summed E-state index contributed by atoms with van der Waals surface area (Å²) in [5.41, 5.74) is 3.03. The van der Waals surface area contributed by atoms with Crippen molar-refractivity contribution < 1.29 is 8.81 Å². The molecule has 1 aliphatic rings. The lowest BCUT2D eigenvalue weighted by Gasteiger charge is -2.33. The molecular weight excluding hydrogens is 425 g/mol. The van der Waals surface area contributed by atoms with E-state index in [2.05, 4.69) is 28.3 Å². The normalized spacial score (nSPS) is 19.7. The van der Waals surface area contributed by atoms with E-state index in [1.807, 2.05) is 30.5 Å². The summed E-state index contributed by atoms with van der Waals surface area (Å²) >= 11 is 5.97. The van der Waals surface area contributed by atoms with Crippen molar-refractivity contribution in [2.24, 2.45) is 5.92 Å². The van der Waals surface area contributed by atoms with Crippen molar-refractivity contribution in [1.29, 1.82) is 0 Å². The minimum absolute atomic E-state index is 0.206. The summed E-state index contributed by atoms with van der Waals surface area (Å²) in [5.74, 6) is 1.48. The van der Waals surface area contributed by atoms with Crippen LogP contribution in [0.2, 0.25) is 5.02 Å². The van der Waals surface area contributed by atoms with Crippen LogP contribution in [0.25, 0.3) is 22.2 Å². The molecule has 4 nitrogen and oxygen atoms in total. The highest BCUT2D eigenvalue weighted by molar-refractivity contribution is 6.30. The molecule has 164 valence electrons. The minimum atomic E-state index is -0.206. The van der Waals surface area contributed by atoms with Gasteiger partial charge in [0.05, 0.1) is 11.7 Å². The predicted octanol–water partition coefficient (Wildman–Crippen LogP) is 7.46. The van der Waals surface area contributed by atoms with Gasteiger partial charge in [0.1, 0.15) is 5.82 Å². The molecule has 6 heteroatoms. The molecule has 2 aromatic heterocycles. The summed E-state index contributed by atoms with van der Waals surface area (Å²) in [6.45, 7) is 2.19. The van der Waals surface area contributed by atoms with Crippen molar-refractivity contribution in [3.63, 3.8) is 0 Å². The summed E-state index contributed by atoms with van der Waals surface area (Å²) in [5, 5.41) is 5.08. The Hall–Kier alpha value is -2.92. The molecule has 32 heavy (non-hydrogen) atoms. The lowest BCUT2D eigenvalue weighted by molar-refractivity contribution is 0.299. The predicted molar refractivity (Wildman–Crippen MR) is 126 cm³/mol. The monoisotopic (exact) mass is 449 g/mol. The highest BCUT2D eigenvalue weighted by Crippen LogP contribution is 2.40. The van der Waals surface area contributed by atoms with Crippen LogP contribution in [0.1, 0.15) is 44.1 Å². The third-order valence-electron chi connectivity index (χ3n) is 6.64. The molecule has 0 spiro atoms. The maximum Gasteiger partial charge on any atom is 0.295 e. The van der Waals surface area contributed by atoms with Crippen LogP contribution in [-0.2, 0) is 0 Å². The third kappa shape index (κ3) is 4.35. The fourth-order valence-corrected chi connectivity index (χ4v) is 4.95. The summed E-state index contributed by atoms with van der Waals surface area (Å²) in [6.07, 6.45) is 7.93. The lowest BCUT2D eigenvalue weighted by atomic mass is 9.75. The zero-order chi connectivity index (χ0) is 22.1. The first-order chi connectivity index (χ1) is 15.6. The van der Waals surface area contributed by atoms with Gasteiger partial charge in [-0.05, 0) is 98.5 Å². The Morgan fingerprint density at radius 1 is 1.03 bits per heavy atom. The Bertz CT molecular complexity index is 1220. The van der Waals surface area contributed by atoms with Crippen molar-refractivity contribution in [3.8, 4) is 11.3 Å². The molecule has 0 saturated heterocycles. The van der Waals surface area contributed by atoms with Gasteiger partial charge in [-0.1, -0.05) is 11.6 Å². The van der Waals surface area contributed by atoms with Crippen LogP contribution >= 0.6 is 11.6 Å². The maximum absolute atomic E-state index is 13.8. The van der Waals surface area contributed by atoms with E-state index < -0.39 is 0 Å². The van der Waals surface area contributed by atoms with E-state index in [4.69, 9.17) is 16.0 Å². The van der Waals surface area contributed by atoms with E-state index in [1.54, 1.807) is 18.3 Å². The average Bonchev–Trinajstić information content (AvgIpc) is 3.27. The maximum atomic E-state index is 13.8. The van der Waals surface area contributed by atoms with Crippen LogP contribution in [0, 0.1) is 11.7 Å². The van der Waals surface area contributed by atoms with Crippen molar-refractivity contribution in [3.05, 3.63) is 77.3 Å². The van der Waals surface area contributed by atoms with Gasteiger partial charge in [-0.25, -0.2) is 9.37 Å². The van der Waals surface area contributed by atoms with Crippen LogP contribution in [0.15, 0.2) is 65.3 Å². The number of nitrogens with zero attached hydrogens (tertiary/aromatic N) is 2. The number of nitrogens with one attached hydrogen (secondary N) is 1. The van der Waals surface area contributed by atoms with Crippen molar-refractivity contribution in [1.82, 2.24) is 9.97 Å². The molecule has 1 fully saturated rings. The quantitative estimate of drug-likeness (QED) is 0.343. The van der Waals surface area contributed by atoms with Gasteiger partial charge in [-0.15, -0.1) is 0 Å². The van der Waals surface area contributed by atoms with Gasteiger partial charge < -0.3 is 9.73 Å². The van der Waals surface area contributed by atoms with E-state index in [0.29, 0.717) is 22.9 Å². The molecule has 1 saturated carbocycles. The first-order valence-electron chi connectivity index (χ1n) is 11.1. The van der Waals surface area contributed by atoms with Crippen LogP contribution in [-0.4, -0.2) is 16.0 Å². The number of hydrogen-bond acceptors (Lipinski definition) is 4. The molecule has 0 amide bonds. The topological polar surface area (TPSA) is 51.0 Å². The average molecular weight is 450 g/mol. The number of benzene rings is 2. The van der Waals surface area contributed by atoms with E-state index in [0.717, 1.165) is 47.9 Å². The Labute approximate surface area is 191 Å². The molecule has 0 unspecified atom stereocenters. The van der Waals surface area contributed by atoms with Gasteiger partial charge in [0, 0.05) is 28.2 Å². The van der Waals surface area contributed by atoms with Gasteiger partial charge in [0.25, 0.3) is 6.01 Å². The molecule has 0 bridgehead atoms. The van der Waals surface area contributed by atoms with Crippen molar-refractivity contribution in [2.45, 2.75) is 44.6 Å².